The topological polar surface area (TPSA) is 40.9 Å². The molecule has 2 aromatic rings. The third-order valence-corrected chi connectivity index (χ3v) is 6.46. The van der Waals surface area contributed by atoms with Gasteiger partial charge in [0, 0.05) is 15.1 Å². The Bertz CT molecular complexity index is 709. The molecule has 0 saturated carbocycles. The van der Waals surface area contributed by atoms with Crippen LogP contribution in [0.4, 0.5) is 0 Å². The first-order valence-electron chi connectivity index (χ1n) is 6.58. The fraction of sp³-hybridized carbons (Fsp3) is 0.250. The van der Waals surface area contributed by atoms with E-state index in [1.54, 1.807) is 11.3 Å². The van der Waals surface area contributed by atoms with Gasteiger partial charge in [-0.2, -0.15) is 17.0 Å². The minimum atomic E-state index is -0.742. The fourth-order valence-corrected chi connectivity index (χ4v) is 5.25. The Balaban J connectivity index is 1.95. The Labute approximate surface area is 140 Å². The van der Waals surface area contributed by atoms with E-state index in [0.717, 1.165) is 28.0 Å². The van der Waals surface area contributed by atoms with Crippen molar-refractivity contribution >= 4 is 44.8 Å². The van der Waals surface area contributed by atoms with E-state index in [1.165, 1.54) is 10.4 Å². The smallest absolute Gasteiger partial charge is 0.194 e. The van der Waals surface area contributed by atoms with Crippen LogP contribution in [0.2, 0.25) is 0 Å². The highest BCUT2D eigenvalue weighted by atomic mass is 79.9. The molecule has 2 nitrogen and oxygen atoms in total. The van der Waals surface area contributed by atoms with Crippen molar-refractivity contribution in [1.82, 2.24) is 0 Å². The molecule has 21 heavy (non-hydrogen) atoms. The quantitative estimate of drug-likeness (QED) is 0.721. The van der Waals surface area contributed by atoms with Gasteiger partial charge in [-0.25, -0.2) is 0 Å². The Hall–Kier alpha value is -1.09. The van der Waals surface area contributed by atoms with Crippen LogP contribution in [0.15, 0.2) is 34.8 Å². The molecule has 106 valence electrons. The number of Topliss-reactive ketones (excluding diaryl/α,β-unsaturated/α-hetero) is 1. The Kier molecular flexibility index (Phi) is 4.48. The van der Waals surface area contributed by atoms with E-state index in [0.29, 0.717) is 4.88 Å². The maximum Gasteiger partial charge on any atom is 0.194 e. The van der Waals surface area contributed by atoms with Crippen LogP contribution >= 0.6 is 39.0 Å². The standard InChI is InChI=1S/C16H12BrNOS2/c17-13-4-2-1-3-11(13)12(8-18)16(19)15-7-10-9-20-6-5-14(10)21-15/h1-4,7,12H,5-6,9H2. The number of thiophene rings is 1. The van der Waals surface area contributed by atoms with Crippen molar-refractivity contribution < 1.29 is 4.79 Å². The van der Waals surface area contributed by atoms with E-state index in [9.17, 15) is 10.1 Å². The lowest BCUT2D eigenvalue weighted by Crippen LogP contribution is -2.10. The van der Waals surface area contributed by atoms with Crippen molar-refractivity contribution in [2.45, 2.75) is 18.1 Å². The number of carbonyl (C=O) groups is 1. The van der Waals surface area contributed by atoms with Gasteiger partial charge in [0.1, 0.15) is 5.92 Å². The zero-order chi connectivity index (χ0) is 14.8. The normalized spacial score (nSPS) is 15.0. The van der Waals surface area contributed by atoms with E-state index in [1.807, 2.05) is 42.1 Å². The second-order valence-corrected chi connectivity index (χ2v) is 7.91. The molecule has 1 aliphatic heterocycles. The van der Waals surface area contributed by atoms with Crippen molar-refractivity contribution in [3.8, 4) is 6.07 Å². The second kappa shape index (κ2) is 6.35. The minimum Gasteiger partial charge on any atom is -0.291 e. The van der Waals surface area contributed by atoms with E-state index in [2.05, 4.69) is 22.0 Å². The lowest BCUT2D eigenvalue weighted by molar-refractivity contribution is 0.0982. The van der Waals surface area contributed by atoms with Gasteiger partial charge in [-0.05, 0) is 35.4 Å². The number of aryl methyl sites for hydroxylation is 1. The summed E-state index contributed by atoms with van der Waals surface area (Å²) in [5, 5.41) is 9.45. The molecule has 1 aliphatic rings. The summed E-state index contributed by atoms with van der Waals surface area (Å²) in [4.78, 5) is 14.7. The van der Waals surface area contributed by atoms with E-state index >= 15 is 0 Å². The number of carbonyl (C=O) groups excluding carboxylic acids is 1. The first-order chi connectivity index (χ1) is 10.2. The second-order valence-electron chi connectivity index (χ2n) is 4.81. The highest BCUT2D eigenvalue weighted by Crippen LogP contribution is 2.35. The van der Waals surface area contributed by atoms with Crippen LogP contribution < -0.4 is 0 Å². The van der Waals surface area contributed by atoms with Gasteiger partial charge in [0.2, 0.25) is 0 Å². The molecule has 0 N–H and O–H groups in total. The van der Waals surface area contributed by atoms with Gasteiger partial charge in [0.15, 0.2) is 5.78 Å². The number of halogens is 1. The van der Waals surface area contributed by atoms with Crippen LogP contribution in [-0.2, 0) is 12.2 Å². The highest BCUT2D eigenvalue weighted by Gasteiger charge is 2.26. The van der Waals surface area contributed by atoms with Gasteiger partial charge >= 0.3 is 0 Å². The summed E-state index contributed by atoms with van der Waals surface area (Å²) in [6, 6.07) is 11.6. The van der Waals surface area contributed by atoms with Gasteiger partial charge in [-0.3, -0.25) is 4.79 Å². The largest absolute Gasteiger partial charge is 0.291 e. The van der Waals surface area contributed by atoms with Crippen molar-refractivity contribution in [1.29, 1.82) is 5.26 Å². The summed E-state index contributed by atoms with van der Waals surface area (Å²) in [6.45, 7) is 0. The molecule has 0 spiro atoms. The van der Waals surface area contributed by atoms with Crippen LogP contribution in [0.25, 0.3) is 0 Å². The van der Waals surface area contributed by atoms with Crippen molar-refractivity contribution in [2.75, 3.05) is 5.75 Å². The predicted octanol–water partition coefficient (Wildman–Crippen LogP) is 4.79. The third-order valence-electron chi connectivity index (χ3n) is 3.48. The Morgan fingerprint density at radius 2 is 2.19 bits per heavy atom. The molecular weight excluding hydrogens is 366 g/mol. The maximum absolute atomic E-state index is 12.7. The average Bonchev–Trinajstić information content (AvgIpc) is 2.93. The lowest BCUT2D eigenvalue weighted by atomic mass is 9.95. The van der Waals surface area contributed by atoms with Gasteiger partial charge in [-0.1, -0.05) is 34.1 Å². The third kappa shape index (κ3) is 2.94. The first-order valence-corrected chi connectivity index (χ1v) is 9.34. The van der Waals surface area contributed by atoms with E-state index in [-0.39, 0.29) is 5.78 Å². The fourth-order valence-electron chi connectivity index (χ4n) is 2.39. The molecule has 0 bridgehead atoms. The van der Waals surface area contributed by atoms with Crippen LogP contribution in [-0.4, -0.2) is 11.5 Å². The van der Waals surface area contributed by atoms with Crippen molar-refractivity contribution in [3.63, 3.8) is 0 Å². The number of fused-ring (bicyclic) bond motifs is 1. The highest BCUT2D eigenvalue weighted by molar-refractivity contribution is 9.10. The number of thioether (sulfide) groups is 1. The molecule has 0 amide bonds. The summed E-state index contributed by atoms with van der Waals surface area (Å²) < 4.78 is 0.807. The summed E-state index contributed by atoms with van der Waals surface area (Å²) in [7, 11) is 0. The van der Waals surface area contributed by atoms with Gasteiger partial charge < -0.3 is 0 Å². The van der Waals surface area contributed by atoms with Crippen LogP contribution in [0.5, 0.6) is 0 Å². The maximum atomic E-state index is 12.7. The minimum absolute atomic E-state index is 0.0891. The monoisotopic (exact) mass is 377 g/mol. The summed E-state index contributed by atoms with van der Waals surface area (Å²) in [5.74, 6) is 1.26. The van der Waals surface area contributed by atoms with E-state index in [4.69, 9.17) is 0 Å². The molecule has 3 rings (SSSR count). The van der Waals surface area contributed by atoms with Gasteiger partial charge in [0.25, 0.3) is 0 Å². The summed E-state index contributed by atoms with van der Waals surface area (Å²) >= 11 is 6.89. The van der Waals surface area contributed by atoms with E-state index < -0.39 is 5.92 Å². The molecule has 1 unspecified atom stereocenters. The number of hydrogen-bond acceptors (Lipinski definition) is 4. The summed E-state index contributed by atoms with van der Waals surface area (Å²) in [6.07, 6.45) is 1.03. The molecule has 0 radical (unpaired) electrons. The Morgan fingerprint density at radius 3 is 2.90 bits per heavy atom. The first kappa shape index (κ1) is 14.8. The number of nitrogens with zero attached hydrogens (tertiary/aromatic N) is 1. The average molecular weight is 378 g/mol. The molecule has 1 aromatic carbocycles. The molecule has 0 saturated heterocycles. The number of benzene rings is 1. The molecule has 5 heteroatoms. The van der Waals surface area contributed by atoms with Crippen LogP contribution in [0, 0.1) is 11.3 Å². The Morgan fingerprint density at radius 1 is 1.38 bits per heavy atom. The zero-order valence-corrected chi connectivity index (χ0v) is 14.4. The zero-order valence-electron chi connectivity index (χ0n) is 11.1. The number of ketones is 1. The molecule has 0 fully saturated rings. The van der Waals surface area contributed by atoms with Gasteiger partial charge in [0.05, 0.1) is 10.9 Å². The molecule has 1 atom stereocenters. The van der Waals surface area contributed by atoms with Crippen molar-refractivity contribution in [3.05, 3.63) is 55.7 Å². The lowest BCUT2D eigenvalue weighted by Gasteiger charge is -2.09. The number of hydrogen-bond donors (Lipinski definition) is 0. The van der Waals surface area contributed by atoms with Crippen LogP contribution in [0.1, 0.15) is 31.6 Å². The molecular formula is C16H12BrNOS2. The SMILES string of the molecule is N#CC(C(=O)c1cc2c(s1)CCSC2)c1ccccc1Br. The number of nitriles is 1. The number of rotatable bonds is 3. The van der Waals surface area contributed by atoms with Crippen LogP contribution in [0.3, 0.4) is 0 Å². The predicted molar refractivity (Wildman–Crippen MR) is 91.0 cm³/mol. The summed E-state index contributed by atoms with van der Waals surface area (Å²) in [5.41, 5.74) is 2.01. The molecule has 0 aliphatic carbocycles. The molecule has 2 heterocycles. The van der Waals surface area contributed by atoms with Crippen molar-refractivity contribution in [2.24, 2.45) is 0 Å². The van der Waals surface area contributed by atoms with Gasteiger partial charge in [-0.15, -0.1) is 11.3 Å². The molecule has 1 aromatic heterocycles.